The first-order chi connectivity index (χ1) is 14.6. The van der Waals surface area contributed by atoms with Gasteiger partial charge in [-0.2, -0.15) is 10.4 Å². The Labute approximate surface area is 178 Å². The largest absolute Gasteiger partial charge is 0.455 e. The van der Waals surface area contributed by atoms with E-state index in [2.05, 4.69) is 21.6 Å². The number of nitrogens with zero attached hydrogens (tertiary/aromatic N) is 3. The molecule has 3 aromatic rings. The molecule has 1 amide bonds. The maximum atomic E-state index is 12.1. The minimum Gasteiger partial charge on any atom is -0.455 e. The van der Waals surface area contributed by atoms with Crippen LogP contribution < -0.4 is 5.43 Å². The Morgan fingerprint density at radius 2 is 2.13 bits per heavy atom. The molecule has 1 aromatic carbocycles. The maximum absolute atomic E-state index is 12.1. The van der Waals surface area contributed by atoms with Crippen LogP contribution in [0.4, 0.5) is 0 Å². The number of hydrazone groups is 1. The molecule has 30 heavy (non-hydrogen) atoms. The molecule has 0 bridgehead atoms. The fraction of sp³-hybridized carbons (Fsp3) is 0.182. The van der Waals surface area contributed by atoms with E-state index < -0.39 is 0 Å². The van der Waals surface area contributed by atoms with Crippen LogP contribution in [0.3, 0.4) is 0 Å². The van der Waals surface area contributed by atoms with E-state index >= 15 is 0 Å². The number of pyridine rings is 1. The number of furan rings is 1. The Morgan fingerprint density at radius 1 is 1.33 bits per heavy atom. The number of amides is 1. The molecule has 152 valence electrons. The number of hydrogen-bond donors (Lipinski definition) is 1. The predicted octanol–water partition coefficient (Wildman–Crippen LogP) is 3.91. The Morgan fingerprint density at radius 3 is 2.87 bits per heavy atom. The molecule has 0 aliphatic heterocycles. The monoisotopic (exact) mass is 420 g/mol. The highest BCUT2D eigenvalue weighted by atomic mass is 32.2. The molecule has 8 heteroatoms. The molecule has 3 rings (SSSR count). The molecule has 0 atom stereocenters. The number of carbonyl (C=O) groups excluding carboxylic acids is 1. The van der Waals surface area contributed by atoms with Gasteiger partial charge in [0, 0.05) is 18.4 Å². The zero-order chi connectivity index (χ0) is 21.3. The minimum absolute atomic E-state index is 0.0717. The smallest absolute Gasteiger partial charge is 0.250 e. The summed E-state index contributed by atoms with van der Waals surface area (Å²) in [5, 5.41) is 13.9. The normalized spacial score (nSPS) is 10.8. The quantitative estimate of drug-likeness (QED) is 0.337. The van der Waals surface area contributed by atoms with Crippen molar-refractivity contribution in [3.8, 4) is 17.4 Å². The Bertz CT molecular complexity index is 1090. The van der Waals surface area contributed by atoms with Gasteiger partial charge < -0.3 is 9.15 Å². The van der Waals surface area contributed by atoms with Crippen molar-refractivity contribution in [1.29, 1.82) is 5.26 Å². The van der Waals surface area contributed by atoms with Crippen molar-refractivity contribution >= 4 is 23.9 Å². The van der Waals surface area contributed by atoms with Gasteiger partial charge in [-0.3, -0.25) is 4.79 Å². The number of ether oxygens (including phenoxy) is 1. The van der Waals surface area contributed by atoms with Crippen LogP contribution in [-0.4, -0.2) is 30.0 Å². The Hall–Kier alpha value is -3.41. The number of carbonyl (C=O) groups is 1. The SMILES string of the molecule is COCc1cc(C)nc(SCC(=O)N/N=C\c2ccc(-c3ccccc3)o2)c1C#N. The van der Waals surface area contributed by atoms with Crippen molar-refractivity contribution in [2.45, 2.75) is 18.6 Å². The number of rotatable bonds is 8. The first-order valence-corrected chi connectivity index (χ1v) is 10.1. The van der Waals surface area contributed by atoms with Crippen molar-refractivity contribution < 1.29 is 13.9 Å². The van der Waals surface area contributed by atoms with Gasteiger partial charge in [0.05, 0.1) is 24.1 Å². The molecule has 0 radical (unpaired) electrons. The van der Waals surface area contributed by atoms with Gasteiger partial charge in [0.2, 0.25) is 5.91 Å². The van der Waals surface area contributed by atoms with Crippen molar-refractivity contribution in [3.05, 3.63) is 71.1 Å². The van der Waals surface area contributed by atoms with Crippen LogP contribution in [-0.2, 0) is 16.1 Å². The number of nitriles is 1. The van der Waals surface area contributed by atoms with Gasteiger partial charge in [0.1, 0.15) is 22.6 Å². The highest BCUT2D eigenvalue weighted by Crippen LogP contribution is 2.24. The molecule has 1 N–H and O–H groups in total. The maximum Gasteiger partial charge on any atom is 0.250 e. The molecule has 0 saturated carbocycles. The van der Waals surface area contributed by atoms with E-state index in [4.69, 9.17) is 9.15 Å². The third-order valence-corrected chi connectivity index (χ3v) is 4.99. The summed E-state index contributed by atoms with van der Waals surface area (Å²) in [7, 11) is 1.57. The minimum atomic E-state index is -0.313. The summed E-state index contributed by atoms with van der Waals surface area (Å²) in [5.74, 6) is 1.01. The number of nitrogens with one attached hydrogen (secondary N) is 1. The van der Waals surface area contributed by atoms with E-state index in [-0.39, 0.29) is 11.7 Å². The van der Waals surface area contributed by atoms with E-state index in [1.54, 1.807) is 13.2 Å². The lowest BCUT2D eigenvalue weighted by atomic mass is 10.1. The Kier molecular flexibility index (Phi) is 7.38. The van der Waals surface area contributed by atoms with Crippen molar-refractivity contribution in [2.24, 2.45) is 5.10 Å². The predicted molar refractivity (Wildman–Crippen MR) is 115 cm³/mol. The van der Waals surface area contributed by atoms with Gasteiger partial charge in [-0.1, -0.05) is 42.1 Å². The summed E-state index contributed by atoms with van der Waals surface area (Å²) in [6.45, 7) is 2.15. The van der Waals surface area contributed by atoms with E-state index in [0.717, 1.165) is 22.6 Å². The number of aryl methyl sites for hydroxylation is 1. The number of benzene rings is 1. The molecule has 0 aliphatic carbocycles. The fourth-order valence-electron chi connectivity index (χ4n) is 2.72. The lowest BCUT2D eigenvalue weighted by Crippen LogP contribution is -2.19. The van der Waals surface area contributed by atoms with Crippen molar-refractivity contribution in [2.75, 3.05) is 12.9 Å². The molecule has 0 unspecified atom stereocenters. The number of hydrogen-bond acceptors (Lipinski definition) is 7. The third kappa shape index (κ3) is 5.56. The summed E-state index contributed by atoms with van der Waals surface area (Å²) < 4.78 is 10.8. The lowest BCUT2D eigenvalue weighted by Gasteiger charge is -2.09. The first kappa shape index (κ1) is 21.3. The van der Waals surface area contributed by atoms with Gasteiger partial charge >= 0.3 is 0 Å². The molecule has 2 heterocycles. The van der Waals surface area contributed by atoms with Crippen molar-refractivity contribution in [1.82, 2.24) is 10.4 Å². The van der Waals surface area contributed by atoms with E-state index in [1.807, 2.05) is 49.4 Å². The highest BCUT2D eigenvalue weighted by molar-refractivity contribution is 8.00. The topological polar surface area (TPSA) is 101 Å². The fourth-order valence-corrected chi connectivity index (χ4v) is 3.58. The van der Waals surface area contributed by atoms with E-state index in [1.165, 1.54) is 18.0 Å². The molecule has 0 saturated heterocycles. The molecular weight excluding hydrogens is 400 g/mol. The number of methoxy groups -OCH3 is 1. The van der Waals surface area contributed by atoms with Crippen molar-refractivity contribution in [3.63, 3.8) is 0 Å². The van der Waals surface area contributed by atoms with E-state index in [0.29, 0.717) is 23.0 Å². The van der Waals surface area contributed by atoms with Crippen LogP contribution in [0.15, 0.2) is 63.1 Å². The molecule has 0 fully saturated rings. The summed E-state index contributed by atoms with van der Waals surface area (Å²) in [5.41, 5.74) is 5.35. The van der Waals surface area contributed by atoms with Gasteiger partial charge in [-0.05, 0) is 30.7 Å². The van der Waals surface area contributed by atoms with Gasteiger partial charge in [0.15, 0.2) is 0 Å². The zero-order valence-corrected chi connectivity index (χ0v) is 17.4. The van der Waals surface area contributed by atoms with E-state index in [9.17, 15) is 10.1 Å². The van der Waals surface area contributed by atoms with Gasteiger partial charge in [0.25, 0.3) is 0 Å². The summed E-state index contributed by atoms with van der Waals surface area (Å²) in [6, 6.07) is 17.3. The standard InChI is InChI=1S/C22H20N4O3S/c1-15-10-17(13-28-2)19(11-23)22(25-15)30-14-21(27)26-24-12-18-8-9-20(29-18)16-6-4-3-5-7-16/h3-10,12H,13-14H2,1-2H3,(H,26,27)/b24-12-. The van der Waals surface area contributed by atoms with Crippen LogP contribution >= 0.6 is 11.8 Å². The Balaban J connectivity index is 1.57. The summed E-state index contributed by atoms with van der Waals surface area (Å²) in [4.78, 5) is 16.5. The average Bonchev–Trinajstić information content (AvgIpc) is 3.22. The highest BCUT2D eigenvalue weighted by Gasteiger charge is 2.13. The van der Waals surface area contributed by atoms with Crippen LogP contribution in [0.2, 0.25) is 0 Å². The zero-order valence-electron chi connectivity index (χ0n) is 16.6. The number of aromatic nitrogens is 1. The third-order valence-electron chi connectivity index (χ3n) is 4.01. The molecular formula is C22H20N4O3S. The molecule has 0 aliphatic rings. The molecule has 2 aromatic heterocycles. The van der Waals surface area contributed by atoms with Crippen LogP contribution in [0.25, 0.3) is 11.3 Å². The lowest BCUT2D eigenvalue weighted by molar-refractivity contribution is -0.118. The average molecular weight is 420 g/mol. The summed E-state index contributed by atoms with van der Waals surface area (Å²) in [6.07, 6.45) is 1.44. The van der Waals surface area contributed by atoms with Gasteiger partial charge in [-0.25, -0.2) is 10.4 Å². The molecule has 7 nitrogen and oxygen atoms in total. The first-order valence-electron chi connectivity index (χ1n) is 9.10. The second-order valence-electron chi connectivity index (χ2n) is 6.30. The van der Waals surface area contributed by atoms with Crippen LogP contribution in [0.5, 0.6) is 0 Å². The number of thioether (sulfide) groups is 1. The second kappa shape index (κ2) is 10.4. The summed E-state index contributed by atoms with van der Waals surface area (Å²) >= 11 is 1.18. The molecule has 0 spiro atoms. The second-order valence-corrected chi connectivity index (χ2v) is 7.26. The van der Waals surface area contributed by atoms with Crippen LogP contribution in [0.1, 0.15) is 22.6 Å². The van der Waals surface area contributed by atoms with Gasteiger partial charge in [-0.15, -0.1) is 0 Å². The van der Waals surface area contributed by atoms with Crippen LogP contribution in [0, 0.1) is 18.3 Å².